The molecule has 2 aromatic rings. The molecule has 0 saturated heterocycles. The van der Waals surface area contributed by atoms with Gasteiger partial charge in [-0.05, 0) is 23.7 Å². The predicted molar refractivity (Wildman–Crippen MR) is 63.5 cm³/mol. The fourth-order valence-electron chi connectivity index (χ4n) is 1.95. The Labute approximate surface area is 103 Å². The van der Waals surface area contributed by atoms with E-state index in [2.05, 4.69) is 4.98 Å². The molecule has 0 amide bonds. The van der Waals surface area contributed by atoms with Crippen molar-refractivity contribution < 1.29 is 13.9 Å². The maximum atomic E-state index is 5.79. The third-order valence-corrected chi connectivity index (χ3v) is 3.18. The van der Waals surface area contributed by atoms with E-state index in [9.17, 15) is 0 Å². The Hall–Kier alpha value is -1.26. The van der Waals surface area contributed by atoms with Crippen molar-refractivity contribution in [3.8, 4) is 5.75 Å². The number of hydrogen-bond donors (Lipinski definition) is 0. The average molecular weight is 254 g/mol. The van der Waals surface area contributed by atoms with E-state index in [1.54, 1.807) is 7.11 Å². The minimum absolute atomic E-state index is 0.153. The highest BCUT2D eigenvalue weighted by atomic mass is 35.5. The third-order valence-electron chi connectivity index (χ3n) is 3.02. The minimum Gasteiger partial charge on any atom is -0.490 e. The maximum absolute atomic E-state index is 5.79. The highest BCUT2D eigenvalue weighted by molar-refractivity contribution is 6.28. The number of hydrogen-bond acceptors (Lipinski definition) is 4. The van der Waals surface area contributed by atoms with Crippen LogP contribution in [-0.4, -0.2) is 24.3 Å². The van der Waals surface area contributed by atoms with E-state index < -0.39 is 0 Å². The van der Waals surface area contributed by atoms with Crippen LogP contribution in [0.15, 0.2) is 22.6 Å². The van der Waals surface area contributed by atoms with Crippen molar-refractivity contribution >= 4 is 22.7 Å². The maximum Gasteiger partial charge on any atom is 0.293 e. The Morgan fingerprint density at radius 2 is 2.18 bits per heavy atom. The van der Waals surface area contributed by atoms with Crippen molar-refractivity contribution in [2.45, 2.75) is 25.0 Å². The molecule has 0 aliphatic heterocycles. The first kappa shape index (κ1) is 10.9. The number of fused-ring (bicyclic) bond motifs is 1. The van der Waals surface area contributed by atoms with E-state index in [1.807, 2.05) is 18.2 Å². The van der Waals surface area contributed by atoms with Gasteiger partial charge in [0, 0.05) is 26.0 Å². The highest BCUT2D eigenvalue weighted by Crippen LogP contribution is 2.30. The van der Waals surface area contributed by atoms with Crippen molar-refractivity contribution in [3.05, 3.63) is 23.5 Å². The first-order valence-electron chi connectivity index (χ1n) is 5.50. The number of nitrogens with zero attached hydrogens (tertiary/aromatic N) is 1. The standard InChI is InChI=1S/C12H12ClNO3/c1-15-8-4-9(5-8)16-7-2-3-11-10(6-7)14-12(13)17-11/h2-3,6,8-9H,4-5H2,1H3/t8-,9-. The second-order valence-corrected chi connectivity index (χ2v) is 4.49. The van der Waals surface area contributed by atoms with Gasteiger partial charge in [-0.15, -0.1) is 0 Å². The first-order valence-corrected chi connectivity index (χ1v) is 5.88. The highest BCUT2D eigenvalue weighted by Gasteiger charge is 2.30. The molecular formula is C12H12ClNO3. The molecule has 0 N–H and O–H groups in total. The van der Waals surface area contributed by atoms with Gasteiger partial charge in [0.2, 0.25) is 0 Å². The largest absolute Gasteiger partial charge is 0.490 e. The normalized spacial score (nSPS) is 23.6. The van der Waals surface area contributed by atoms with E-state index in [0.717, 1.165) is 24.1 Å². The molecule has 90 valence electrons. The summed E-state index contributed by atoms with van der Waals surface area (Å²) in [6, 6.07) is 5.52. The van der Waals surface area contributed by atoms with Gasteiger partial charge in [0.1, 0.15) is 17.4 Å². The molecule has 17 heavy (non-hydrogen) atoms. The molecule has 1 aliphatic carbocycles. The monoisotopic (exact) mass is 253 g/mol. The molecule has 5 heteroatoms. The van der Waals surface area contributed by atoms with Crippen molar-refractivity contribution in [3.63, 3.8) is 0 Å². The average Bonchev–Trinajstić information content (AvgIpc) is 2.62. The molecule has 1 aromatic heterocycles. The van der Waals surface area contributed by atoms with Gasteiger partial charge in [-0.2, -0.15) is 4.98 Å². The molecule has 0 bridgehead atoms. The molecule has 1 aliphatic rings. The lowest BCUT2D eigenvalue weighted by atomic mass is 9.92. The Bertz CT molecular complexity index is 534. The lowest BCUT2D eigenvalue weighted by molar-refractivity contribution is -0.0380. The van der Waals surface area contributed by atoms with Crippen molar-refractivity contribution in [1.29, 1.82) is 0 Å². The van der Waals surface area contributed by atoms with Crippen molar-refractivity contribution in [2.75, 3.05) is 7.11 Å². The number of rotatable bonds is 3. The van der Waals surface area contributed by atoms with Crippen LogP contribution >= 0.6 is 11.6 Å². The van der Waals surface area contributed by atoms with E-state index in [-0.39, 0.29) is 11.5 Å². The molecule has 0 atom stereocenters. The van der Waals surface area contributed by atoms with Gasteiger partial charge < -0.3 is 13.9 Å². The molecule has 1 heterocycles. The van der Waals surface area contributed by atoms with Gasteiger partial charge >= 0.3 is 0 Å². The number of methoxy groups -OCH3 is 1. The summed E-state index contributed by atoms with van der Waals surface area (Å²) in [5, 5.41) is 0.153. The topological polar surface area (TPSA) is 44.5 Å². The third kappa shape index (κ3) is 2.10. The Kier molecular flexibility index (Phi) is 2.68. The second kappa shape index (κ2) is 4.20. The number of oxazole rings is 1. The van der Waals surface area contributed by atoms with Gasteiger partial charge in [-0.1, -0.05) is 0 Å². The quantitative estimate of drug-likeness (QED) is 0.843. The van der Waals surface area contributed by atoms with Crippen LogP contribution in [0, 0.1) is 0 Å². The van der Waals surface area contributed by atoms with Crippen LogP contribution < -0.4 is 4.74 Å². The van der Waals surface area contributed by atoms with Crippen LogP contribution in [0.3, 0.4) is 0 Å². The molecular weight excluding hydrogens is 242 g/mol. The fraction of sp³-hybridized carbons (Fsp3) is 0.417. The zero-order valence-corrected chi connectivity index (χ0v) is 10.1. The lowest BCUT2D eigenvalue weighted by Crippen LogP contribution is -2.38. The fourth-order valence-corrected chi connectivity index (χ4v) is 2.13. The van der Waals surface area contributed by atoms with Crippen LogP contribution in [0.4, 0.5) is 0 Å². The number of benzene rings is 1. The summed E-state index contributed by atoms with van der Waals surface area (Å²) in [5.41, 5.74) is 1.39. The molecule has 0 spiro atoms. The minimum atomic E-state index is 0.153. The zero-order chi connectivity index (χ0) is 11.8. The van der Waals surface area contributed by atoms with Crippen LogP contribution in [-0.2, 0) is 4.74 Å². The molecule has 1 aromatic carbocycles. The second-order valence-electron chi connectivity index (χ2n) is 4.17. The summed E-state index contributed by atoms with van der Waals surface area (Å²) >= 11 is 5.68. The van der Waals surface area contributed by atoms with Gasteiger partial charge in [0.15, 0.2) is 5.58 Å². The van der Waals surface area contributed by atoms with Gasteiger partial charge in [0.25, 0.3) is 5.35 Å². The number of aromatic nitrogens is 1. The molecule has 0 radical (unpaired) electrons. The zero-order valence-electron chi connectivity index (χ0n) is 9.35. The van der Waals surface area contributed by atoms with Crippen LogP contribution in [0.2, 0.25) is 5.35 Å². The first-order chi connectivity index (χ1) is 8.24. The summed E-state index contributed by atoms with van der Waals surface area (Å²) in [6.07, 6.45) is 2.45. The molecule has 3 rings (SSSR count). The molecule has 4 nitrogen and oxygen atoms in total. The Morgan fingerprint density at radius 3 is 2.94 bits per heavy atom. The summed E-state index contributed by atoms with van der Waals surface area (Å²) < 4.78 is 16.2. The Morgan fingerprint density at radius 1 is 1.35 bits per heavy atom. The smallest absolute Gasteiger partial charge is 0.293 e. The lowest BCUT2D eigenvalue weighted by Gasteiger charge is -2.34. The van der Waals surface area contributed by atoms with Crippen LogP contribution in [0.5, 0.6) is 5.75 Å². The van der Waals surface area contributed by atoms with E-state index in [0.29, 0.717) is 11.7 Å². The van der Waals surface area contributed by atoms with Gasteiger partial charge in [-0.3, -0.25) is 0 Å². The van der Waals surface area contributed by atoms with Gasteiger partial charge in [0.05, 0.1) is 6.10 Å². The summed E-state index contributed by atoms with van der Waals surface area (Å²) in [5.74, 6) is 0.794. The number of ether oxygens (including phenoxy) is 2. The van der Waals surface area contributed by atoms with Crippen LogP contribution in [0.1, 0.15) is 12.8 Å². The van der Waals surface area contributed by atoms with Crippen LogP contribution in [0.25, 0.3) is 11.1 Å². The Balaban J connectivity index is 1.73. The summed E-state index contributed by atoms with van der Waals surface area (Å²) in [4.78, 5) is 4.05. The SMILES string of the molecule is CO[C@H]1C[C@H](Oc2ccc3oc(Cl)nc3c2)C1. The van der Waals surface area contributed by atoms with E-state index >= 15 is 0 Å². The van der Waals surface area contributed by atoms with E-state index in [4.69, 9.17) is 25.5 Å². The molecule has 0 unspecified atom stereocenters. The summed E-state index contributed by atoms with van der Waals surface area (Å²) in [7, 11) is 1.73. The number of halogens is 1. The van der Waals surface area contributed by atoms with Crippen molar-refractivity contribution in [1.82, 2.24) is 4.98 Å². The molecule has 1 fully saturated rings. The predicted octanol–water partition coefficient (Wildman–Crippen LogP) is 3.04. The summed E-state index contributed by atoms with van der Waals surface area (Å²) in [6.45, 7) is 0. The van der Waals surface area contributed by atoms with Crippen molar-refractivity contribution in [2.24, 2.45) is 0 Å². The molecule has 1 saturated carbocycles. The van der Waals surface area contributed by atoms with Gasteiger partial charge in [-0.25, -0.2) is 0 Å². The van der Waals surface area contributed by atoms with E-state index in [1.165, 1.54) is 0 Å².